The molecule has 6 nitrogen and oxygen atoms in total. The maximum absolute atomic E-state index is 13.1. The fourth-order valence-corrected chi connectivity index (χ4v) is 5.03. The van der Waals surface area contributed by atoms with Crippen molar-refractivity contribution in [1.82, 2.24) is 9.29 Å². The van der Waals surface area contributed by atoms with Crippen molar-refractivity contribution in [3.05, 3.63) is 60.5 Å². The maximum Gasteiger partial charge on any atom is 0.243 e. The number of hydrogen-bond donors (Lipinski definition) is 2. The Kier molecular flexibility index (Phi) is 4.91. The van der Waals surface area contributed by atoms with E-state index in [0.717, 1.165) is 23.0 Å². The Morgan fingerprint density at radius 1 is 1.14 bits per heavy atom. The number of amides is 1. The van der Waals surface area contributed by atoms with Gasteiger partial charge in [-0.15, -0.1) is 0 Å². The number of carbonyl (C=O) groups is 1. The Labute approximate surface area is 162 Å². The molecule has 0 bridgehead atoms. The number of hydrogen-bond acceptors (Lipinski definition) is 3. The van der Waals surface area contributed by atoms with Crippen LogP contribution in [0.4, 0.5) is 10.1 Å². The molecule has 8 heteroatoms. The molecule has 2 heterocycles. The van der Waals surface area contributed by atoms with Crippen LogP contribution in [0.5, 0.6) is 0 Å². The van der Waals surface area contributed by atoms with E-state index in [2.05, 4.69) is 10.3 Å². The molecule has 1 fully saturated rings. The van der Waals surface area contributed by atoms with Crippen molar-refractivity contribution in [3.63, 3.8) is 0 Å². The van der Waals surface area contributed by atoms with Crippen LogP contribution in [0.3, 0.4) is 0 Å². The third-order valence-electron chi connectivity index (χ3n) is 5.03. The summed E-state index contributed by atoms with van der Waals surface area (Å²) in [5.74, 6) is -1.13. The zero-order valence-corrected chi connectivity index (χ0v) is 15.9. The minimum atomic E-state index is -3.76. The van der Waals surface area contributed by atoms with Crippen molar-refractivity contribution in [2.24, 2.45) is 5.92 Å². The molecule has 2 aromatic carbocycles. The first-order valence-corrected chi connectivity index (χ1v) is 10.5. The summed E-state index contributed by atoms with van der Waals surface area (Å²) in [5, 5.41) is 3.88. The fraction of sp³-hybridized carbons (Fsp3) is 0.250. The average Bonchev–Trinajstić information content (AvgIpc) is 3.16. The van der Waals surface area contributed by atoms with E-state index in [1.807, 2.05) is 30.5 Å². The molecule has 1 atom stereocenters. The molecule has 1 amide bonds. The maximum atomic E-state index is 13.1. The number of nitrogens with zero attached hydrogens (tertiary/aromatic N) is 1. The predicted molar refractivity (Wildman–Crippen MR) is 105 cm³/mol. The second kappa shape index (κ2) is 7.37. The van der Waals surface area contributed by atoms with Gasteiger partial charge >= 0.3 is 0 Å². The number of fused-ring (bicyclic) bond motifs is 1. The lowest BCUT2D eigenvalue weighted by Gasteiger charge is -2.31. The van der Waals surface area contributed by atoms with Crippen molar-refractivity contribution in [2.75, 3.05) is 18.4 Å². The Hall–Kier alpha value is -2.71. The van der Waals surface area contributed by atoms with Gasteiger partial charge in [-0.05, 0) is 61.4 Å². The van der Waals surface area contributed by atoms with Crippen molar-refractivity contribution in [1.29, 1.82) is 0 Å². The minimum Gasteiger partial charge on any atom is -0.361 e. The Balaban J connectivity index is 1.48. The molecule has 1 saturated heterocycles. The van der Waals surface area contributed by atoms with Crippen LogP contribution in [-0.2, 0) is 14.8 Å². The van der Waals surface area contributed by atoms with Gasteiger partial charge in [0.15, 0.2) is 0 Å². The van der Waals surface area contributed by atoms with E-state index in [-0.39, 0.29) is 17.3 Å². The van der Waals surface area contributed by atoms with Crippen LogP contribution in [0.1, 0.15) is 12.8 Å². The summed E-state index contributed by atoms with van der Waals surface area (Å²) in [4.78, 5) is 15.8. The number of anilines is 1. The molecule has 2 N–H and O–H groups in total. The fourth-order valence-electron chi connectivity index (χ4n) is 3.51. The van der Waals surface area contributed by atoms with E-state index in [9.17, 15) is 17.6 Å². The highest BCUT2D eigenvalue weighted by Gasteiger charge is 2.33. The number of nitrogens with one attached hydrogen (secondary N) is 2. The van der Waals surface area contributed by atoms with E-state index >= 15 is 0 Å². The molecule has 28 heavy (non-hydrogen) atoms. The zero-order valence-electron chi connectivity index (χ0n) is 15.1. The predicted octanol–water partition coefficient (Wildman–Crippen LogP) is 3.35. The number of aromatic amines is 1. The highest BCUT2D eigenvalue weighted by Crippen LogP contribution is 2.25. The van der Waals surface area contributed by atoms with Crippen molar-refractivity contribution in [3.8, 4) is 0 Å². The lowest BCUT2D eigenvalue weighted by atomic mass is 9.98. The van der Waals surface area contributed by atoms with E-state index in [1.165, 1.54) is 16.4 Å². The van der Waals surface area contributed by atoms with E-state index in [4.69, 9.17) is 0 Å². The second-order valence-electron chi connectivity index (χ2n) is 6.93. The van der Waals surface area contributed by atoms with Crippen LogP contribution in [0.15, 0.2) is 59.6 Å². The van der Waals surface area contributed by atoms with Crippen LogP contribution in [0.25, 0.3) is 10.9 Å². The molecule has 3 aromatic rings. The topological polar surface area (TPSA) is 82.3 Å². The number of H-pyrrole nitrogens is 1. The summed E-state index contributed by atoms with van der Waals surface area (Å²) in [7, 11) is -3.76. The number of piperidine rings is 1. The largest absolute Gasteiger partial charge is 0.361 e. The molecule has 4 rings (SSSR count). The van der Waals surface area contributed by atoms with Gasteiger partial charge in [0.1, 0.15) is 5.82 Å². The average molecular weight is 401 g/mol. The molecule has 146 valence electrons. The van der Waals surface area contributed by atoms with Crippen LogP contribution in [0.2, 0.25) is 0 Å². The van der Waals surface area contributed by atoms with Crippen molar-refractivity contribution >= 4 is 32.5 Å². The summed E-state index contributed by atoms with van der Waals surface area (Å²) in [6, 6.07) is 12.2. The van der Waals surface area contributed by atoms with Gasteiger partial charge in [0.2, 0.25) is 15.9 Å². The van der Waals surface area contributed by atoms with Crippen LogP contribution in [0, 0.1) is 11.7 Å². The van der Waals surface area contributed by atoms with E-state index < -0.39 is 21.8 Å². The summed E-state index contributed by atoms with van der Waals surface area (Å²) in [5.41, 5.74) is 1.66. The highest BCUT2D eigenvalue weighted by atomic mass is 32.2. The van der Waals surface area contributed by atoms with Crippen LogP contribution < -0.4 is 5.32 Å². The highest BCUT2D eigenvalue weighted by molar-refractivity contribution is 7.89. The summed E-state index contributed by atoms with van der Waals surface area (Å²) < 4.78 is 40.0. The summed E-state index contributed by atoms with van der Waals surface area (Å²) >= 11 is 0. The first-order chi connectivity index (χ1) is 13.4. The lowest BCUT2D eigenvalue weighted by molar-refractivity contribution is -0.120. The van der Waals surface area contributed by atoms with Gasteiger partial charge in [-0.3, -0.25) is 4.79 Å². The molecule has 1 aliphatic heterocycles. The third kappa shape index (κ3) is 3.65. The summed E-state index contributed by atoms with van der Waals surface area (Å²) in [6.07, 6.45) is 3.04. The van der Waals surface area contributed by atoms with Gasteiger partial charge in [-0.2, -0.15) is 4.31 Å². The quantitative estimate of drug-likeness (QED) is 0.703. The monoisotopic (exact) mass is 401 g/mol. The molecule has 0 unspecified atom stereocenters. The third-order valence-corrected chi connectivity index (χ3v) is 6.91. The van der Waals surface area contributed by atoms with Gasteiger partial charge in [0.25, 0.3) is 0 Å². The second-order valence-corrected chi connectivity index (χ2v) is 8.86. The molecule has 0 saturated carbocycles. The zero-order chi connectivity index (χ0) is 19.7. The van der Waals surface area contributed by atoms with Crippen molar-refractivity contribution in [2.45, 2.75) is 17.7 Å². The first-order valence-electron chi connectivity index (χ1n) is 9.07. The number of halogens is 1. The van der Waals surface area contributed by atoms with Crippen LogP contribution in [-0.4, -0.2) is 36.7 Å². The smallest absolute Gasteiger partial charge is 0.243 e. The minimum absolute atomic E-state index is 0.0351. The molecule has 1 aliphatic rings. The van der Waals surface area contributed by atoms with Crippen LogP contribution >= 0.6 is 0 Å². The molecular formula is C20H20FN3O3S. The Morgan fingerprint density at radius 3 is 2.71 bits per heavy atom. The standard InChI is InChI=1S/C20H20FN3O3S/c21-16-3-6-18(7-4-16)28(26,27)24-11-1-2-15(13-24)20(25)23-17-5-8-19-14(12-17)9-10-22-19/h3-10,12,15,22H,1-2,11,13H2,(H,23,25)/t15-/m0/s1. The number of aromatic nitrogens is 1. The molecule has 0 aliphatic carbocycles. The molecular weight excluding hydrogens is 381 g/mol. The molecule has 0 radical (unpaired) electrons. The number of rotatable bonds is 4. The lowest BCUT2D eigenvalue weighted by Crippen LogP contribution is -2.43. The van der Waals surface area contributed by atoms with E-state index in [1.54, 1.807) is 0 Å². The summed E-state index contributed by atoms with van der Waals surface area (Å²) in [6.45, 7) is 0.455. The van der Waals surface area contributed by atoms with Gasteiger partial charge < -0.3 is 10.3 Å². The number of benzene rings is 2. The Morgan fingerprint density at radius 2 is 1.93 bits per heavy atom. The van der Waals surface area contributed by atoms with Crippen molar-refractivity contribution < 1.29 is 17.6 Å². The van der Waals surface area contributed by atoms with Gasteiger partial charge in [-0.1, -0.05) is 0 Å². The van der Waals surface area contributed by atoms with Gasteiger partial charge in [0.05, 0.1) is 10.8 Å². The Bertz CT molecular complexity index is 1110. The molecule has 0 spiro atoms. The van der Waals surface area contributed by atoms with E-state index in [0.29, 0.717) is 25.1 Å². The number of sulfonamides is 1. The SMILES string of the molecule is O=C(Nc1ccc2[nH]ccc2c1)[C@H]1CCCN(S(=O)(=O)c2ccc(F)cc2)C1. The van der Waals surface area contributed by atoms with Gasteiger partial charge in [0, 0.05) is 35.9 Å². The molecule has 1 aromatic heterocycles. The normalized spacial score (nSPS) is 18.2. The number of carbonyl (C=O) groups excluding carboxylic acids is 1. The first kappa shape index (κ1) is 18.6. The van der Waals surface area contributed by atoms with Gasteiger partial charge in [-0.25, -0.2) is 12.8 Å².